The SMILES string of the molecule is CN(C)c1ccc(N=Nc2ccc(N3C(=O)C4CC=C5C(CC6C(=O)N(c7cccc(Cl)c7)C(=O)C6(c6ccccc6)C5c5c(O)ccc6ccccc56)C4C3=O)cc2)cc1. The molecule has 2 aliphatic carbocycles. The van der Waals surface area contributed by atoms with Crippen molar-refractivity contribution >= 4 is 74.4 Å². The largest absolute Gasteiger partial charge is 0.508 e. The van der Waals surface area contributed by atoms with E-state index in [0.29, 0.717) is 38.9 Å². The number of nitrogens with zero attached hydrogens (tertiary/aromatic N) is 5. The van der Waals surface area contributed by atoms with Crippen molar-refractivity contribution in [2.75, 3.05) is 28.8 Å². The molecule has 0 aromatic heterocycles. The van der Waals surface area contributed by atoms with Crippen molar-refractivity contribution in [3.63, 3.8) is 0 Å². The molecule has 4 amide bonds. The summed E-state index contributed by atoms with van der Waals surface area (Å²) in [6.45, 7) is 0. The van der Waals surface area contributed by atoms with Crippen LogP contribution in [0.2, 0.25) is 5.02 Å². The number of anilines is 3. The second-order valence-electron chi connectivity index (χ2n) is 16.5. The van der Waals surface area contributed by atoms with Crippen molar-refractivity contribution in [2.24, 2.45) is 33.9 Å². The minimum Gasteiger partial charge on any atom is -0.508 e. The molecule has 6 unspecified atom stereocenters. The number of rotatable bonds is 7. The Bertz CT molecular complexity index is 2840. The van der Waals surface area contributed by atoms with Gasteiger partial charge in [-0.25, -0.2) is 4.90 Å². The summed E-state index contributed by atoms with van der Waals surface area (Å²) in [4.78, 5) is 64.7. The summed E-state index contributed by atoms with van der Waals surface area (Å²) in [6.07, 6.45) is 2.38. The van der Waals surface area contributed by atoms with E-state index >= 15 is 9.59 Å². The van der Waals surface area contributed by atoms with E-state index in [1.807, 2.05) is 110 Å². The molecular formula is C50H40ClN5O5. The van der Waals surface area contributed by atoms with Crippen LogP contribution in [0.15, 0.2) is 161 Å². The van der Waals surface area contributed by atoms with Crippen LogP contribution in [0, 0.1) is 23.7 Å². The number of imide groups is 2. The molecule has 302 valence electrons. The van der Waals surface area contributed by atoms with Crippen LogP contribution in [0.3, 0.4) is 0 Å². The lowest BCUT2D eigenvalue weighted by molar-refractivity contribution is -0.127. The molecule has 2 aliphatic heterocycles. The van der Waals surface area contributed by atoms with E-state index in [1.165, 1.54) is 9.80 Å². The number of benzene rings is 6. The summed E-state index contributed by atoms with van der Waals surface area (Å²) in [5, 5.41) is 22.7. The second kappa shape index (κ2) is 14.7. The van der Waals surface area contributed by atoms with E-state index in [4.69, 9.17) is 11.6 Å². The topological polar surface area (TPSA) is 123 Å². The number of amides is 4. The highest BCUT2D eigenvalue weighted by atomic mass is 35.5. The van der Waals surface area contributed by atoms with Crippen LogP contribution in [-0.2, 0) is 24.6 Å². The van der Waals surface area contributed by atoms with Gasteiger partial charge < -0.3 is 10.0 Å². The number of fused-ring (bicyclic) bond motifs is 5. The quantitative estimate of drug-likeness (QED) is 0.0972. The van der Waals surface area contributed by atoms with Gasteiger partial charge in [0.25, 0.3) is 0 Å². The van der Waals surface area contributed by atoms with Crippen LogP contribution < -0.4 is 14.7 Å². The number of phenolic OH excluding ortho intramolecular Hbond substituents is 1. The van der Waals surface area contributed by atoms with Crippen molar-refractivity contribution < 1.29 is 24.3 Å². The monoisotopic (exact) mass is 825 g/mol. The Morgan fingerprint density at radius 2 is 1.38 bits per heavy atom. The Labute approximate surface area is 357 Å². The van der Waals surface area contributed by atoms with Gasteiger partial charge in [0.1, 0.15) is 5.75 Å². The number of carbonyl (C=O) groups is 4. The van der Waals surface area contributed by atoms with Gasteiger partial charge in [-0.2, -0.15) is 10.2 Å². The molecule has 10 rings (SSSR count). The van der Waals surface area contributed by atoms with Crippen LogP contribution in [0.25, 0.3) is 10.8 Å². The third-order valence-electron chi connectivity index (χ3n) is 13.2. The molecule has 11 heteroatoms. The minimum absolute atomic E-state index is 0.0267. The fraction of sp³-hybridized carbons (Fsp3) is 0.200. The highest BCUT2D eigenvalue weighted by Crippen LogP contribution is 2.66. The maximum atomic E-state index is 15.7. The van der Waals surface area contributed by atoms with E-state index in [-0.39, 0.29) is 30.4 Å². The number of azo groups is 1. The number of phenols is 1. The Hall–Kier alpha value is -6.91. The van der Waals surface area contributed by atoms with Gasteiger partial charge in [0, 0.05) is 36.3 Å². The zero-order valence-electron chi connectivity index (χ0n) is 33.4. The van der Waals surface area contributed by atoms with Gasteiger partial charge in [0.05, 0.1) is 45.9 Å². The first kappa shape index (κ1) is 38.3. The van der Waals surface area contributed by atoms with Gasteiger partial charge in [0.2, 0.25) is 23.6 Å². The maximum absolute atomic E-state index is 15.7. The molecule has 2 heterocycles. The number of aromatic hydroxyl groups is 1. The number of hydrogen-bond donors (Lipinski definition) is 1. The minimum atomic E-state index is -1.53. The Morgan fingerprint density at radius 3 is 2.08 bits per heavy atom. The smallest absolute Gasteiger partial charge is 0.246 e. The first-order valence-electron chi connectivity index (χ1n) is 20.3. The number of allylic oxidation sites excluding steroid dienone is 2. The predicted octanol–water partition coefficient (Wildman–Crippen LogP) is 10.0. The lowest BCUT2D eigenvalue weighted by Crippen LogP contribution is -2.53. The maximum Gasteiger partial charge on any atom is 0.246 e. The molecule has 6 aromatic rings. The molecular weight excluding hydrogens is 786 g/mol. The van der Waals surface area contributed by atoms with Crippen LogP contribution in [0.1, 0.15) is 29.9 Å². The molecule has 4 aliphatic rings. The van der Waals surface area contributed by atoms with E-state index in [1.54, 1.807) is 54.6 Å². The van der Waals surface area contributed by atoms with Gasteiger partial charge in [0.15, 0.2) is 0 Å². The molecule has 6 aromatic carbocycles. The summed E-state index contributed by atoms with van der Waals surface area (Å²) in [5.74, 6) is -5.52. The van der Waals surface area contributed by atoms with Gasteiger partial charge in [-0.15, -0.1) is 0 Å². The average molecular weight is 826 g/mol. The van der Waals surface area contributed by atoms with Crippen LogP contribution in [0.5, 0.6) is 5.75 Å². The van der Waals surface area contributed by atoms with E-state index in [0.717, 1.165) is 22.0 Å². The molecule has 6 atom stereocenters. The predicted molar refractivity (Wildman–Crippen MR) is 236 cm³/mol. The van der Waals surface area contributed by atoms with Gasteiger partial charge in [-0.3, -0.25) is 24.1 Å². The molecule has 0 radical (unpaired) electrons. The highest BCUT2D eigenvalue weighted by Gasteiger charge is 2.70. The van der Waals surface area contributed by atoms with E-state index in [9.17, 15) is 14.7 Å². The number of carbonyl (C=O) groups excluding carboxylic acids is 4. The normalized spacial score (nSPS) is 24.6. The van der Waals surface area contributed by atoms with Gasteiger partial charge in [-0.1, -0.05) is 90.0 Å². The molecule has 0 bridgehead atoms. The standard InChI is InChI=1S/C50H40ClN5O5/c1-54(2)34-20-16-32(17-21-34)52-53-33-18-22-35(23-19-33)55-46(58)39-25-24-38-40(43(39)48(55)60)28-41-47(59)56(36-13-8-12-31(51)27-36)49(61)50(41,30-10-4-3-5-11-30)45(38)44-37-14-7-6-9-29(37)15-26-42(44)57/h3-24,26-27,39-41,43,45,57H,25,28H2,1-2H3. The number of hydrogen-bond acceptors (Lipinski definition) is 8. The van der Waals surface area contributed by atoms with Gasteiger partial charge in [-0.05, 0) is 108 Å². The molecule has 1 saturated carbocycles. The van der Waals surface area contributed by atoms with Crippen LogP contribution >= 0.6 is 11.6 Å². The Balaban J connectivity index is 1.08. The fourth-order valence-electron chi connectivity index (χ4n) is 10.5. The van der Waals surface area contributed by atoms with Crippen molar-refractivity contribution in [3.05, 3.63) is 167 Å². The zero-order chi connectivity index (χ0) is 42.2. The summed E-state index contributed by atoms with van der Waals surface area (Å²) < 4.78 is 0. The lowest BCUT2D eigenvalue weighted by atomic mass is 9.48. The van der Waals surface area contributed by atoms with E-state index < -0.39 is 46.8 Å². The summed E-state index contributed by atoms with van der Waals surface area (Å²) in [6, 6.07) is 41.6. The molecule has 2 saturated heterocycles. The van der Waals surface area contributed by atoms with Crippen molar-refractivity contribution in [1.29, 1.82) is 0 Å². The summed E-state index contributed by atoms with van der Waals surface area (Å²) in [5.41, 5.74) is 3.40. The van der Waals surface area contributed by atoms with Crippen molar-refractivity contribution in [3.8, 4) is 5.75 Å². The Morgan fingerprint density at radius 1 is 0.689 bits per heavy atom. The third kappa shape index (κ3) is 5.91. The van der Waals surface area contributed by atoms with Crippen LogP contribution in [-0.4, -0.2) is 42.8 Å². The highest BCUT2D eigenvalue weighted by molar-refractivity contribution is 6.32. The lowest BCUT2D eigenvalue weighted by Gasteiger charge is -2.51. The molecule has 0 spiro atoms. The number of halogens is 1. The average Bonchev–Trinajstić information content (AvgIpc) is 3.67. The molecule has 61 heavy (non-hydrogen) atoms. The molecule has 10 nitrogen and oxygen atoms in total. The van der Waals surface area contributed by atoms with E-state index in [2.05, 4.69) is 10.2 Å². The molecule has 3 fully saturated rings. The fourth-order valence-corrected chi connectivity index (χ4v) is 10.7. The van der Waals surface area contributed by atoms with Crippen LogP contribution in [0.4, 0.5) is 28.4 Å². The summed E-state index contributed by atoms with van der Waals surface area (Å²) >= 11 is 6.47. The van der Waals surface area contributed by atoms with Crippen molar-refractivity contribution in [2.45, 2.75) is 24.2 Å². The summed E-state index contributed by atoms with van der Waals surface area (Å²) in [7, 11) is 3.93. The third-order valence-corrected chi connectivity index (χ3v) is 13.4. The zero-order valence-corrected chi connectivity index (χ0v) is 34.1. The Kier molecular flexibility index (Phi) is 9.21. The first-order chi connectivity index (χ1) is 29.6. The first-order valence-corrected chi connectivity index (χ1v) is 20.7. The molecule has 1 N–H and O–H groups in total. The second-order valence-corrected chi connectivity index (χ2v) is 16.9. The van der Waals surface area contributed by atoms with Crippen molar-refractivity contribution in [1.82, 2.24) is 0 Å². The van der Waals surface area contributed by atoms with Gasteiger partial charge >= 0.3 is 0 Å².